The van der Waals surface area contributed by atoms with E-state index in [2.05, 4.69) is 22.6 Å². The van der Waals surface area contributed by atoms with E-state index in [1.807, 2.05) is 0 Å². The number of rotatable bonds is 4. The highest BCUT2D eigenvalue weighted by Crippen LogP contribution is 2.24. The summed E-state index contributed by atoms with van der Waals surface area (Å²) in [5.74, 6) is 0. The van der Waals surface area contributed by atoms with Crippen LogP contribution in [-0.2, 0) is 18.9 Å². The molecule has 0 aromatic rings. The van der Waals surface area contributed by atoms with Crippen molar-refractivity contribution in [2.24, 2.45) is 0 Å². The van der Waals surface area contributed by atoms with Gasteiger partial charge in [-0.1, -0.05) is 13.2 Å². The fourth-order valence-corrected chi connectivity index (χ4v) is 1.77. The zero-order valence-electron chi connectivity index (χ0n) is 10.0. The predicted octanol–water partition coefficient (Wildman–Crippen LogP) is 2.89. The maximum Gasteiger partial charge on any atom is 0.513 e. The Kier molecular flexibility index (Phi) is 5.76. The summed E-state index contributed by atoms with van der Waals surface area (Å²) in [6.07, 6.45) is 2.19. The maximum absolute atomic E-state index is 11.2. The lowest BCUT2D eigenvalue weighted by molar-refractivity contribution is -0.0596. The van der Waals surface area contributed by atoms with Gasteiger partial charge in [-0.05, 0) is 25.7 Å². The van der Waals surface area contributed by atoms with Crippen molar-refractivity contribution in [3.05, 3.63) is 25.7 Å². The molecule has 0 spiro atoms. The Morgan fingerprint density at radius 2 is 1.28 bits per heavy atom. The molecule has 1 rings (SSSR count). The van der Waals surface area contributed by atoms with E-state index < -0.39 is 24.5 Å². The first kappa shape index (κ1) is 14.1. The van der Waals surface area contributed by atoms with Gasteiger partial charge in [0.05, 0.1) is 12.5 Å². The van der Waals surface area contributed by atoms with Gasteiger partial charge in [-0.25, -0.2) is 9.59 Å². The quantitative estimate of drug-likeness (QED) is 0.569. The maximum atomic E-state index is 11.2. The van der Waals surface area contributed by atoms with Crippen LogP contribution in [0.4, 0.5) is 9.59 Å². The first-order valence-electron chi connectivity index (χ1n) is 5.63. The molecule has 0 aromatic carbocycles. The second-order valence-electron chi connectivity index (χ2n) is 3.67. The van der Waals surface area contributed by atoms with Crippen LogP contribution in [0.15, 0.2) is 25.7 Å². The van der Waals surface area contributed by atoms with E-state index in [0.29, 0.717) is 12.8 Å². The topological polar surface area (TPSA) is 71.1 Å². The van der Waals surface area contributed by atoms with Crippen molar-refractivity contribution in [1.82, 2.24) is 0 Å². The molecule has 2 unspecified atom stereocenters. The van der Waals surface area contributed by atoms with Gasteiger partial charge in [-0.2, -0.15) is 0 Å². The van der Waals surface area contributed by atoms with Crippen LogP contribution in [-0.4, -0.2) is 24.5 Å². The molecule has 18 heavy (non-hydrogen) atoms. The minimum absolute atomic E-state index is 0.524. The van der Waals surface area contributed by atoms with Crippen molar-refractivity contribution in [2.45, 2.75) is 37.9 Å². The van der Waals surface area contributed by atoms with Crippen molar-refractivity contribution < 1.29 is 28.5 Å². The number of hydrogen-bond donors (Lipinski definition) is 0. The fourth-order valence-electron chi connectivity index (χ4n) is 1.77. The van der Waals surface area contributed by atoms with Gasteiger partial charge in [0.25, 0.3) is 0 Å². The van der Waals surface area contributed by atoms with Crippen LogP contribution in [0, 0.1) is 0 Å². The van der Waals surface area contributed by atoms with Crippen LogP contribution in [0.25, 0.3) is 0 Å². The zero-order valence-corrected chi connectivity index (χ0v) is 10.0. The third-order valence-electron chi connectivity index (χ3n) is 2.50. The lowest BCUT2D eigenvalue weighted by Crippen LogP contribution is -2.37. The lowest BCUT2D eigenvalue weighted by atomic mass is 9.95. The number of carbonyl (C=O) groups is 2. The Morgan fingerprint density at radius 3 is 1.61 bits per heavy atom. The molecule has 6 nitrogen and oxygen atoms in total. The summed E-state index contributed by atoms with van der Waals surface area (Å²) in [5, 5.41) is 0. The van der Waals surface area contributed by atoms with Gasteiger partial charge in [0, 0.05) is 0 Å². The van der Waals surface area contributed by atoms with Crippen molar-refractivity contribution in [2.75, 3.05) is 0 Å². The summed E-state index contributed by atoms with van der Waals surface area (Å²) in [6, 6.07) is 0. The molecular formula is C12H16O6. The second kappa shape index (κ2) is 7.37. The summed E-state index contributed by atoms with van der Waals surface area (Å²) in [6.45, 7) is 6.49. The monoisotopic (exact) mass is 256 g/mol. The summed E-state index contributed by atoms with van der Waals surface area (Å²) < 4.78 is 19.0. The Bertz CT molecular complexity index is 293. The molecule has 100 valence electrons. The molecule has 0 bridgehead atoms. The van der Waals surface area contributed by atoms with E-state index in [1.54, 1.807) is 0 Å². The third-order valence-corrected chi connectivity index (χ3v) is 2.50. The number of hydrogen-bond acceptors (Lipinski definition) is 6. The first-order chi connectivity index (χ1) is 8.67. The average molecular weight is 256 g/mol. The van der Waals surface area contributed by atoms with Crippen molar-refractivity contribution in [1.29, 1.82) is 0 Å². The Balaban J connectivity index is 2.50. The molecule has 1 aliphatic rings. The SMILES string of the molecule is C=COC(=O)OC1CCCCC1OC(=O)OC=C. The van der Waals surface area contributed by atoms with Crippen LogP contribution in [0.1, 0.15) is 25.7 Å². The smallest absolute Gasteiger partial charge is 0.427 e. The fraction of sp³-hybridized carbons (Fsp3) is 0.500. The summed E-state index contributed by atoms with van der Waals surface area (Å²) >= 11 is 0. The molecule has 1 saturated carbocycles. The van der Waals surface area contributed by atoms with Gasteiger partial charge in [0.15, 0.2) is 0 Å². The van der Waals surface area contributed by atoms with Gasteiger partial charge in [0.1, 0.15) is 12.2 Å². The van der Waals surface area contributed by atoms with Gasteiger partial charge >= 0.3 is 12.3 Å². The van der Waals surface area contributed by atoms with E-state index in [-0.39, 0.29) is 0 Å². The molecule has 0 N–H and O–H groups in total. The van der Waals surface area contributed by atoms with Gasteiger partial charge < -0.3 is 18.9 Å². The molecule has 0 amide bonds. The Morgan fingerprint density at radius 1 is 0.889 bits per heavy atom. The van der Waals surface area contributed by atoms with Crippen molar-refractivity contribution in [3.8, 4) is 0 Å². The van der Waals surface area contributed by atoms with Crippen LogP contribution >= 0.6 is 0 Å². The average Bonchev–Trinajstić information content (AvgIpc) is 2.32. The number of carbonyl (C=O) groups excluding carboxylic acids is 2. The lowest BCUT2D eigenvalue weighted by Gasteiger charge is -2.29. The van der Waals surface area contributed by atoms with Gasteiger partial charge in [-0.15, -0.1) is 0 Å². The van der Waals surface area contributed by atoms with E-state index in [0.717, 1.165) is 25.4 Å². The molecule has 0 radical (unpaired) electrons. The highest BCUT2D eigenvalue weighted by Gasteiger charge is 2.32. The van der Waals surface area contributed by atoms with E-state index in [9.17, 15) is 9.59 Å². The van der Waals surface area contributed by atoms with Crippen LogP contribution in [0.2, 0.25) is 0 Å². The summed E-state index contributed by atoms with van der Waals surface area (Å²) in [4.78, 5) is 22.3. The number of ether oxygens (including phenoxy) is 4. The zero-order chi connectivity index (χ0) is 13.4. The highest BCUT2D eigenvalue weighted by atomic mass is 16.8. The van der Waals surface area contributed by atoms with Crippen LogP contribution in [0.3, 0.4) is 0 Å². The minimum atomic E-state index is -0.859. The summed E-state index contributed by atoms with van der Waals surface area (Å²) in [7, 11) is 0. The molecule has 0 heterocycles. The largest absolute Gasteiger partial charge is 0.513 e. The van der Waals surface area contributed by atoms with Gasteiger partial charge in [-0.3, -0.25) is 0 Å². The predicted molar refractivity (Wildman–Crippen MR) is 61.6 cm³/mol. The van der Waals surface area contributed by atoms with E-state index >= 15 is 0 Å². The standard InChI is InChI=1S/C12H16O6/c1-3-15-11(13)17-9-7-5-6-8-10(9)18-12(14)16-4-2/h3-4,9-10H,1-2,5-8H2. The Labute approximate surface area is 105 Å². The van der Waals surface area contributed by atoms with Crippen LogP contribution < -0.4 is 0 Å². The third kappa shape index (κ3) is 4.48. The normalized spacial score (nSPS) is 22.4. The molecule has 0 aliphatic heterocycles. The highest BCUT2D eigenvalue weighted by molar-refractivity contribution is 5.62. The minimum Gasteiger partial charge on any atom is -0.427 e. The molecule has 6 heteroatoms. The van der Waals surface area contributed by atoms with Gasteiger partial charge in [0.2, 0.25) is 0 Å². The molecule has 2 atom stereocenters. The van der Waals surface area contributed by atoms with E-state index in [4.69, 9.17) is 9.47 Å². The summed E-state index contributed by atoms with van der Waals surface area (Å²) in [5.41, 5.74) is 0. The first-order valence-corrected chi connectivity index (χ1v) is 5.63. The second-order valence-corrected chi connectivity index (χ2v) is 3.67. The van der Waals surface area contributed by atoms with Crippen molar-refractivity contribution >= 4 is 12.3 Å². The van der Waals surface area contributed by atoms with Crippen molar-refractivity contribution in [3.63, 3.8) is 0 Å². The molecule has 1 fully saturated rings. The van der Waals surface area contributed by atoms with E-state index in [1.165, 1.54) is 0 Å². The Hall–Kier alpha value is -1.98. The molecule has 0 saturated heterocycles. The molecule has 0 aromatic heterocycles. The molecular weight excluding hydrogens is 240 g/mol. The van der Waals surface area contributed by atoms with Crippen LogP contribution in [0.5, 0.6) is 0 Å². The molecule has 1 aliphatic carbocycles.